The van der Waals surface area contributed by atoms with Crippen molar-refractivity contribution in [3.05, 3.63) is 35.9 Å². The van der Waals surface area contributed by atoms with Crippen LogP contribution in [0.3, 0.4) is 0 Å². The number of amides is 2. The van der Waals surface area contributed by atoms with Gasteiger partial charge in [0.05, 0.1) is 13.5 Å². The molecular formula is C17H22N2O5. The van der Waals surface area contributed by atoms with Gasteiger partial charge in [0.25, 0.3) is 0 Å². The maximum Gasteiger partial charge on any atom is 0.407 e. The number of methoxy groups -OCH3 is 1. The van der Waals surface area contributed by atoms with Crippen molar-refractivity contribution in [1.82, 2.24) is 10.2 Å². The molecule has 2 amide bonds. The van der Waals surface area contributed by atoms with Crippen LogP contribution in [0.2, 0.25) is 0 Å². The van der Waals surface area contributed by atoms with Crippen molar-refractivity contribution in [2.24, 2.45) is 0 Å². The first-order chi connectivity index (χ1) is 11.6. The van der Waals surface area contributed by atoms with Crippen LogP contribution in [0.4, 0.5) is 4.79 Å². The number of rotatable bonds is 6. The molecule has 24 heavy (non-hydrogen) atoms. The third-order valence-corrected chi connectivity index (χ3v) is 3.92. The van der Waals surface area contributed by atoms with Crippen molar-refractivity contribution >= 4 is 18.0 Å². The highest BCUT2D eigenvalue weighted by molar-refractivity contribution is 5.83. The van der Waals surface area contributed by atoms with E-state index in [1.807, 2.05) is 30.3 Å². The second-order valence-corrected chi connectivity index (χ2v) is 5.58. The zero-order valence-corrected chi connectivity index (χ0v) is 13.7. The quantitative estimate of drug-likeness (QED) is 0.796. The fourth-order valence-electron chi connectivity index (χ4n) is 2.68. The highest BCUT2D eigenvalue weighted by Crippen LogP contribution is 2.20. The Kier molecular flexibility index (Phi) is 6.60. The summed E-state index contributed by atoms with van der Waals surface area (Å²) in [4.78, 5) is 36.9. The largest absolute Gasteiger partial charge is 0.469 e. The molecule has 0 unspecified atom stereocenters. The summed E-state index contributed by atoms with van der Waals surface area (Å²) in [6, 6.07) is 9.12. The first-order valence-electron chi connectivity index (χ1n) is 7.91. The van der Waals surface area contributed by atoms with Crippen molar-refractivity contribution in [3.8, 4) is 0 Å². The molecule has 7 nitrogen and oxygen atoms in total. The highest BCUT2D eigenvalue weighted by atomic mass is 16.5. The van der Waals surface area contributed by atoms with Gasteiger partial charge in [0, 0.05) is 12.6 Å². The summed E-state index contributed by atoms with van der Waals surface area (Å²) in [7, 11) is 1.33. The van der Waals surface area contributed by atoms with Crippen LogP contribution in [-0.4, -0.2) is 49.1 Å². The van der Waals surface area contributed by atoms with Gasteiger partial charge in [-0.2, -0.15) is 0 Å². The third kappa shape index (κ3) is 5.26. The molecule has 1 aromatic rings. The predicted octanol–water partition coefficient (Wildman–Crippen LogP) is 1.47. The van der Waals surface area contributed by atoms with E-state index in [9.17, 15) is 14.4 Å². The monoisotopic (exact) mass is 334 g/mol. The summed E-state index contributed by atoms with van der Waals surface area (Å²) in [5, 5.41) is 2.45. The van der Waals surface area contributed by atoms with E-state index in [0.717, 1.165) is 18.4 Å². The molecule has 0 aliphatic carbocycles. The van der Waals surface area contributed by atoms with E-state index in [1.54, 1.807) is 4.90 Å². The number of likely N-dealkylation sites (tertiary alicyclic amines) is 1. The lowest BCUT2D eigenvalue weighted by Gasteiger charge is -2.24. The molecule has 2 rings (SSSR count). The van der Waals surface area contributed by atoms with Gasteiger partial charge in [-0.1, -0.05) is 30.3 Å². The zero-order chi connectivity index (χ0) is 17.4. The predicted molar refractivity (Wildman–Crippen MR) is 86.0 cm³/mol. The van der Waals surface area contributed by atoms with Gasteiger partial charge in [-0.05, 0) is 18.4 Å². The van der Waals surface area contributed by atoms with Crippen molar-refractivity contribution in [2.75, 3.05) is 20.2 Å². The number of hydrogen-bond acceptors (Lipinski definition) is 5. The smallest absolute Gasteiger partial charge is 0.407 e. The molecule has 1 atom stereocenters. The lowest BCUT2D eigenvalue weighted by atomic mass is 10.1. The molecule has 7 heteroatoms. The second kappa shape index (κ2) is 8.90. The standard InChI is InChI=1S/C17H22N2O5/c1-23-16(21)10-14-8-5-9-19(14)15(20)11-18-17(22)24-12-13-6-3-2-4-7-13/h2-4,6-7,14H,5,8-12H2,1H3,(H,18,22)/t14-/m0/s1. The molecule has 0 saturated carbocycles. The number of nitrogens with zero attached hydrogens (tertiary/aromatic N) is 1. The van der Waals surface area contributed by atoms with E-state index >= 15 is 0 Å². The Labute approximate surface area is 140 Å². The van der Waals surface area contributed by atoms with E-state index in [-0.39, 0.29) is 37.5 Å². The molecule has 1 aromatic carbocycles. The van der Waals surface area contributed by atoms with E-state index in [1.165, 1.54) is 7.11 Å². The molecule has 1 N–H and O–H groups in total. The Morgan fingerprint density at radius 3 is 2.71 bits per heavy atom. The second-order valence-electron chi connectivity index (χ2n) is 5.58. The van der Waals surface area contributed by atoms with Gasteiger partial charge in [0.2, 0.25) is 5.91 Å². The van der Waals surface area contributed by atoms with Gasteiger partial charge in [0.1, 0.15) is 13.2 Å². The first kappa shape index (κ1) is 17.8. The Morgan fingerprint density at radius 1 is 1.25 bits per heavy atom. The fraction of sp³-hybridized carbons (Fsp3) is 0.471. The molecule has 130 valence electrons. The molecular weight excluding hydrogens is 312 g/mol. The minimum Gasteiger partial charge on any atom is -0.469 e. The minimum absolute atomic E-state index is 0.148. The summed E-state index contributed by atoms with van der Waals surface area (Å²) in [5.74, 6) is -0.562. The highest BCUT2D eigenvalue weighted by Gasteiger charge is 2.30. The van der Waals surface area contributed by atoms with Gasteiger partial charge in [-0.15, -0.1) is 0 Å². The van der Waals surface area contributed by atoms with E-state index in [4.69, 9.17) is 4.74 Å². The van der Waals surface area contributed by atoms with Crippen LogP contribution in [0.1, 0.15) is 24.8 Å². The summed E-state index contributed by atoms with van der Waals surface area (Å²) in [6.07, 6.45) is 1.14. The molecule has 1 aliphatic rings. The number of benzene rings is 1. The van der Waals surface area contributed by atoms with Crippen LogP contribution in [0.25, 0.3) is 0 Å². The maximum absolute atomic E-state index is 12.2. The number of nitrogens with one attached hydrogen (secondary N) is 1. The van der Waals surface area contributed by atoms with Crippen LogP contribution in [0.5, 0.6) is 0 Å². The number of carbonyl (C=O) groups excluding carboxylic acids is 3. The summed E-state index contributed by atoms with van der Waals surface area (Å²) < 4.78 is 9.70. The molecule has 0 spiro atoms. The topological polar surface area (TPSA) is 84.9 Å². The Morgan fingerprint density at radius 2 is 2.00 bits per heavy atom. The number of alkyl carbamates (subject to hydrolysis) is 1. The van der Waals surface area contributed by atoms with Gasteiger partial charge in [0.15, 0.2) is 0 Å². The summed E-state index contributed by atoms with van der Waals surface area (Å²) in [5.41, 5.74) is 0.872. The number of esters is 1. The average Bonchev–Trinajstić information content (AvgIpc) is 3.06. The number of hydrogen-bond donors (Lipinski definition) is 1. The maximum atomic E-state index is 12.2. The Balaban J connectivity index is 1.73. The van der Waals surface area contributed by atoms with E-state index in [0.29, 0.717) is 6.54 Å². The van der Waals surface area contributed by atoms with Crippen molar-refractivity contribution < 1.29 is 23.9 Å². The number of ether oxygens (including phenoxy) is 2. The lowest BCUT2D eigenvalue weighted by molar-refractivity contribution is -0.142. The van der Waals surface area contributed by atoms with E-state index < -0.39 is 6.09 Å². The summed E-state index contributed by atoms with van der Waals surface area (Å²) >= 11 is 0. The Bertz CT molecular complexity index is 576. The average molecular weight is 334 g/mol. The molecule has 0 bridgehead atoms. The zero-order valence-electron chi connectivity index (χ0n) is 13.7. The molecule has 0 aromatic heterocycles. The van der Waals surface area contributed by atoms with Gasteiger partial charge in [-0.3, -0.25) is 9.59 Å². The number of carbonyl (C=O) groups is 3. The molecule has 1 fully saturated rings. The molecule has 1 saturated heterocycles. The van der Waals surface area contributed by atoms with Crippen LogP contribution in [-0.2, 0) is 25.7 Å². The first-order valence-corrected chi connectivity index (χ1v) is 7.91. The van der Waals surface area contributed by atoms with Crippen LogP contribution in [0, 0.1) is 0 Å². The van der Waals surface area contributed by atoms with Crippen molar-refractivity contribution in [1.29, 1.82) is 0 Å². The normalized spacial score (nSPS) is 16.5. The lowest BCUT2D eigenvalue weighted by Crippen LogP contribution is -2.43. The molecule has 1 aliphatic heterocycles. The van der Waals surface area contributed by atoms with E-state index in [2.05, 4.69) is 10.1 Å². The summed E-state index contributed by atoms with van der Waals surface area (Å²) in [6.45, 7) is 0.585. The van der Waals surface area contributed by atoms with Gasteiger partial charge in [-0.25, -0.2) is 4.79 Å². The molecule has 0 radical (unpaired) electrons. The van der Waals surface area contributed by atoms with Crippen LogP contribution in [0.15, 0.2) is 30.3 Å². The van der Waals surface area contributed by atoms with Gasteiger partial charge < -0.3 is 19.7 Å². The Hall–Kier alpha value is -2.57. The SMILES string of the molecule is COC(=O)C[C@@H]1CCCN1C(=O)CNC(=O)OCc1ccccc1. The van der Waals surface area contributed by atoms with Crippen molar-refractivity contribution in [2.45, 2.75) is 31.9 Å². The molecule has 1 heterocycles. The third-order valence-electron chi connectivity index (χ3n) is 3.92. The van der Waals surface area contributed by atoms with Crippen molar-refractivity contribution in [3.63, 3.8) is 0 Å². The fourth-order valence-corrected chi connectivity index (χ4v) is 2.68. The van der Waals surface area contributed by atoms with Crippen LogP contribution < -0.4 is 5.32 Å². The minimum atomic E-state index is -0.643. The van der Waals surface area contributed by atoms with Crippen LogP contribution >= 0.6 is 0 Å². The van der Waals surface area contributed by atoms with Gasteiger partial charge >= 0.3 is 12.1 Å².